The number of nitrogens with zero attached hydrogens (tertiary/aromatic N) is 1. The van der Waals surface area contributed by atoms with Gasteiger partial charge in [-0.1, -0.05) is 0 Å². The van der Waals surface area contributed by atoms with Crippen molar-refractivity contribution >= 4 is 10.8 Å². The number of aliphatic hydroxyl groups excluding tert-OH is 1. The summed E-state index contributed by atoms with van der Waals surface area (Å²) in [5.74, 6) is 1.39. The van der Waals surface area contributed by atoms with Crippen molar-refractivity contribution in [3.05, 3.63) is 29.6 Å². The number of fused-ring (bicyclic) bond motifs is 1. The van der Waals surface area contributed by atoms with Crippen molar-refractivity contribution in [1.29, 1.82) is 0 Å². The molecule has 1 aromatic heterocycles. The molecule has 0 saturated heterocycles. The van der Waals surface area contributed by atoms with Crippen LogP contribution in [0.25, 0.3) is 10.8 Å². The first-order valence-electron chi connectivity index (χ1n) is 5.32. The van der Waals surface area contributed by atoms with E-state index in [1.807, 2.05) is 19.1 Å². The van der Waals surface area contributed by atoms with Crippen molar-refractivity contribution in [3.63, 3.8) is 0 Å². The highest BCUT2D eigenvalue weighted by molar-refractivity contribution is 5.92. The lowest BCUT2D eigenvalue weighted by atomic mass is 10.1. The first-order chi connectivity index (χ1) is 8.19. The van der Waals surface area contributed by atoms with Crippen LogP contribution in [0.5, 0.6) is 11.5 Å². The van der Waals surface area contributed by atoms with E-state index in [9.17, 15) is 5.11 Å². The molecular weight excluding hydrogens is 218 g/mol. The van der Waals surface area contributed by atoms with Crippen LogP contribution in [0.3, 0.4) is 0 Å². The number of rotatable bonds is 3. The second-order valence-corrected chi connectivity index (χ2v) is 3.80. The Morgan fingerprint density at radius 1 is 1.18 bits per heavy atom. The zero-order valence-corrected chi connectivity index (χ0v) is 10.2. The molecule has 1 N–H and O–H groups in total. The van der Waals surface area contributed by atoms with Gasteiger partial charge in [0.25, 0.3) is 0 Å². The number of hydrogen-bond acceptors (Lipinski definition) is 4. The Labute approximate surface area is 99.8 Å². The van der Waals surface area contributed by atoms with Gasteiger partial charge in [-0.05, 0) is 24.4 Å². The SMILES string of the molecule is COc1cc(OC)c2c(CO)nc(C)cc2c1. The first kappa shape index (κ1) is 11.7. The van der Waals surface area contributed by atoms with Gasteiger partial charge in [0.2, 0.25) is 0 Å². The molecule has 0 saturated carbocycles. The average molecular weight is 233 g/mol. The molecule has 0 spiro atoms. The van der Waals surface area contributed by atoms with Crippen LogP contribution >= 0.6 is 0 Å². The zero-order valence-electron chi connectivity index (χ0n) is 10.2. The number of aliphatic hydroxyl groups is 1. The van der Waals surface area contributed by atoms with Gasteiger partial charge in [-0.2, -0.15) is 0 Å². The average Bonchev–Trinajstić information content (AvgIpc) is 2.35. The maximum absolute atomic E-state index is 9.36. The molecule has 0 fully saturated rings. The quantitative estimate of drug-likeness (QED) is 0.881. The van der Waals surface area contributed by atoms with Crippen molar-refractivity contribution in [2.45, 2.75) is 13.5 Å². The Morgan fingerprint density at radius 3 is 2.53 bits per heavy atom. The second kappa shape index (κ2) is 4.59. The fourth-order valence-corrected chi connectivity index (χ4v) is 1.95. The monoisotopic (exact) mass is 233 g/mol. The minimum atomic E-state index is -0.110. The lowest BCUT2D eigenvalue weighted by Crippen LogP contribution is -1.97. The van der Waals surface area contributed by atoms with Crippen LogP contribution in [0.4, 0.5) is 0 Å². The van der Waals surface area contributed by atoms with Gasteiger partial charge >= 0.3 is 0 Å². The highest BCUT2D eigenvalue weighted by atomic mass is 16.5. The van der Waals surface area contributed by atoms with Crippen LogP contribution in [0, 0.1) is 6.92 Å². The molecule has 0 atom stereocenters. The molecule has 4 nitrogen and oxygen atoms in total. The van der Waals surface area contributed by atoms with Crippen molar-refractivity contribution in [1.82, 2.24) is 4.98 Å². The summed E-state index contributed by atoms with van der Waals surface area (Å²) in [6.07, 6.45) is 0. The maximum Gasteiger partial charge on any atom is 0.132 e. The molecule has 0 radical (unpaired) electrons. The van der Waals surface area contributed by atoms with Crippen molar-refractivity contribution in [3.8, 4) is 11.5 Å². The fraction of sp³-hybridized carbons (Fsp3) is 0.308. The standard InChI is InChI=1S/C13H15NO3/c1-8-4-9-5-10(16-2)6-12(17-3)13(9)11(7-15)14-8/h4-6,15H,7H2,1-3H3. The van der Waals surface area contributed by atoms with Crippen LogP contribution < -0.4 is 9.47 Å². The number of aromatic nitrogens is 1. The third-order valence-corrected chi connectivity index (χ3v) is 2.68. The summed E-state index contributed by atoms with van der Waals surface area (Å²) >= 11 is 0. The normalized spacial score (nSPS) is 10.6. The summed E-state index contributed by atoms with van der Waals surface area (Å²) in [6, 6.07) is 5.64. The van der Waals surface area contributed by atoms with E-state index in [1.165, 1.54) is 0 Å². The van der Waals surface area contributed by atoms with Crippen LogP contribution in [0.1, 0.15) is 11.4 Å². The van der Waals surface area contributed by atoms with E-state index < -0.39 is 0 Å². The fourth-order valence-electron chi connectivity index (χ4n) is 1.95. The number of ether oxygens (including phenoxy) is 2. The Balaban J connectivity index is 2.83. The van der Waals surface area contributed by atoms with Gasteiger partial charge in [0, 0.05) is 17.1 Å². The molecule has 17 heavy (non-hydrogen) atoms. The summed E-state index contributed by atoms with van der Waals surface area (Å²) in [4.78, 5) is 4.31. The molecule has 2 aromatic rings. The molecule has 0 aliphatic carbocycles. The number of hydrogen-bond donors (Lipinski definition) is 1. The number of methoxy groups -OCH3 is 2. The summed E-state index contributed by atoms with van der Waals surface area (Å²) in [5.41, 5.74) is 1.48. The van der Waals surface area contributed by atoms with Crippen LogP contribution in [0.2, 0.25) is 0 Å². The van der Waals surface area contributed by atoms with E-state index in [0.29, 0.717) is 11.4 Å². The Kier molecular flexibility index (Phi) is 3.15. The Bertz CT molecular complexity index is 552. The lowest BCUT2D eigenvalue weighted by Gasteiger charge is -2.12. The predicted octanol–water partition coefficient (Wildman–Crippen LogP) is 2.05. The Hall–Kier alpha value is -1.81. The van der Waals surface area contributed by atoms with Gasteiger partial charge in [-0.15, -0.1) is 0 Å². The lowest BCUT2D eigenvalue weighted by molar-refractivity contribution is 0.278. The van der Waals surface area contributed by atoms with Crippen LogP contribution in [0.15, 0.2) is 18.2 Å². The van der Waals surface area contributed by atoms with Gasteiger partial charge in [-0.3, -0.25) is 4.98 Å². The zero-order chi connectivity index (χ0) is 12.4. The van der Waals surface area contributed by atoms with Gasteiger partial charge < -0.3 is 14.6 Å². The summed E-state index contributed by atoms with van der Waals surface area (Å²) in [7, 11) is 3.21. The molecule has 0 unspecified atom stereocenters. The minimum Gasteiger partial charge on any atom is -0.497 e. The molecule has 0 aliphatic heterocycles. The third-order valence-electron chi connectivity index (χ3n) is 2.68. The highest BCUT2D eigenvalue weighted by Crippen LogP contribution is 2.33. The van der Waals surface area contributed by atoms with Gasteiger partial charge in [0.05, 0.1) is 26.5 Å². The molecule has 2 rings (SSSR count). The predicted molar refractivity (Wildman–Crippen MR) is 65.5 cm³/mol. The molecule has 1 heterocycles. The molecule has 90 valence electrons. The van der Waals surface area contributed by atoms with E-state index in [4.69, 9.17) is 9.47 Å². The smallest absolute Gasteiger partial charge is 0.132 e. The van der Waals surface area contributed by atoms with Gasteiger partial charge in [-0.25, -0.2) is 0 Å². The molecule has 0 aliphatic rings. The van der Waals surface area contributed by atoms with E-state index >= 15 is 0 Å². The largest absolute Gasteiger partial charge is 0.497 e. The van der Waals surface area contributed by atoms with Crippen molar-refractivity contribution in [2.75, 3.05) is 14.2 Å². The number of aryl methyl sites for hydroxylation is 1. The van der Waals surface area contributed by atoms with Gasteiger partial charge in [0.1, 0.15) is 11.5 Å². The Morgan fingerprint density at radius 2 is 1.94 bits per heavy atom. The third kappa shape index (κ3) is 2.03. The molecular formula is C13H15NO3. The number of benzene rings is 1. The first-order valence-corrected chi connectivity index (χ1v) is 5.32. The van der Waals surface area contributed by atoms with E-state index in [-0.39, 0.29) is 6.61 Å². The number of pyridine rings is 1. The van der Waals surface area contributed by atoms with Crippen molar-refractivity contribution in [2.24, 2.45) is 0 Å². The second-order valence-electron chi connectivity index (χ2n) is 3.80. The summed E-state index contributed by atoms with van der Waals surface area (Å²) in [6.45, 7) is 1.78. The molecule has 0 bridgehead atoms. The minimum absolute atomic E-state index is 0.110. The van der Waals surface area contributed by atoms with Crippen LogP contribution in [-0.4, -0.2) is 24.3 Å². The summed E-state index contributed by atoms with van der Waals surface area (Å²) < 4.78 is 10.5. The van der Waals surface area contributed by atoms with E-state index in [2.05, 4.69) is 4.98 Å². The van der Waals surface area contributed by atoms with Crippen molar-refractivity contribution < 1.29 is 14.6 Å². The highest BCUT2D eigenvalue weighted by Gasteiger charge is 2.11. The molecule has 1 aromatic carbocycles. The van der Waals surface area contributed by atoms with Gasteiger partial charge in [0.15, 0.2) is 0 Å². The van der Waals surface area contributed by atoms with Crippen LogP contribution in [-0.2, 0) is 6.61 Å². The maximum atomic E-state index is 9.36. The van der Waals surface area contributed by atoms with E-state index in [0.717, 1.165) is 22.2 Å². The molecule has 0 amide bonds. The topological polar surface area (TPSA) is 51.6 Å². The summed E-state index contributed by atoms with van der Waals surface area (Å²) in [5, 5.41) is 11.1. The van der Waals surface area contributed by atoms with E-state index in [1.54, 1.807) is 20.3 Å². The molecule has 4 heteroatoms.